The van der Waals surface area contributed by atoms with Crippen molar-refractivity contribution in [3.05, 3.63) is 34.1 Å². The minimum Gasteiger partial charge on any atom is -0.298 e. The Morgan fingerprint density at radius 3 is 2.71 bits per heavy atom. The van der Waals surface area contributed by atoms with E-state index < -0.39 is 0 Å². The average molecular weight is 320 g/mol. The third kappa shape index (κ3) is 4.60. The van der Waals surface area contributed by atoms with Gasteiger partial charge < -0.3 is 0 Å². The van der Waals surface area contributed by atoms with Gasteiger partial charge in [-0.15, -0.1) is 0 Å². The highest BCUT2D eigenvalue weighted by atomic mass is 79.9. The average Bonchev–Trinajstić information content (AvgIpc) is 2.30. The number of halogens is 2. The largest absolute Gasteiger partial charge is 0.298 e. The summed E-state index contributed by atoms with van der Waals surface area (Å²) in [5, 5.41) is 0. The summed E-state index contributed by atoms with van der Waals surface area (Å²) in [5.41, 5.74) is 1.14. The predicted octanol–water partition coefficient (Wildman–Crippen LogP) is 4.16. The molecule has 1 rings (SSSR count). The van der Waals surface area contributed by atoms with Gasteiger partial charge in [0.25, 0.3) is 0 Å². The summed E-state index contributed by atoms with van der Waals surface area (Å²) < 4.78 is 13.7. The van der Waals surface area contributed by atoms with Crippen LogP contribution < -0.4 is 0 Å². The van der Waals surface area contributed by atoms with Crippen LogP contribution in [0.5, 0.6) is 0 Å². The minimum absolute atomic E-state index is 0.201. The van der Waals surface area contributed by atoms with E-state index in [-0.39, 0.29) is 5.82 Å². The maximum atomic E-state index is 13.1. The summed E-state index contributed by atoms with van der Waals surface area (Å²) in [4.78, 5) is 2.33. The Morgan fingerprint density at radius 1 is 1.47 bits per heavy atom. The van der Waals surface area contributed by atoms with Crippen molar-refractivity contribution in [3.63, 3.8) is 0 Å². The van der Waals surface area contributed by atoms with E-state index in [1.54, 1.807) is 0 Å². The molecule has 0 bridgehead atoms. The Kier molecular flexibility index (Phi) is 6.52. The van der Waals surface area contributed by atoms with Crippen LogP contribution in [0.15, 0.2) is 22.7 Å². The Labute approximate surface area is 116 Å². The number of benzene rings is 1. The van der Waals surface area contributed by atoms with Gasteiger partial charge >= 0.3 is 0 Å². The lowest BCUT2D eigenvalue weighted by molar-refractivity contribution is 0.248. The van der Waals surface area contributed by atoms with E-state index >= 15 is 0 Å². The first-order valence-electron chi connectivity index (χ1n) is 5.71. The molecule has 0 radical (unpaired) electrons. The highest BCUT2D eigenvalue weighted by Crippen LogP contribution is 2.19. The van der Waals surface area contributed by atoms with Crippen molar-refractivity contribution < 1.29 is 4.39 Å². The van der Waals surface area contributed by atoms with Gasteiger partial charge in [0.05, 0.1) is 4.47 Å². The molecule has 0 aliphatic carbocycles. The van der Waals surface area contributed by atoms with E-state index in [0.717, 1.165) is 24.3 Å². The van der Waals surface area contributed by atoms with Crippen molar-refractivity contribution in [3.8, 4) is 0 Å². The quantitative estimate of drug-likeness (QED) is 0.774. The smallest absolute Gasteiger partial charge is 0.137 e. The summed E-state index contributed by atoms with van der Waals surface area (Å²) in [7, 11) is 2.13. The molecule has 17 heavy (non-hydrogen) atoms. The number of rotatable bonds is 6. The van der Waals surface area contributed by atoms with E-state index in [4.69, 9.17) is 0 Å². The van der Waals surface area contributed by atoms with Crippen molar-refractivity contribution in [2.75, 3.05) is 19.1 Å². The fourth-order valence-electron chi connectivity index (χ4n) is 1.80. The van der Waals surface area contributed by atoms with E-state index in [1.807, 2.05) is 23.9 Å². The molecule has 0 spiro atoms. The first-order chi connectivity index (χ1) is 8.08. The zero-order valence-electron chi connectivity index (χ0n) is 10.5. The van der Waals surface area contributed by atoms with E-state index in [9.17, 15) is 4.39 Å². The van der Waals surface area contributed by atoms with Gasteiger partial charge in [-0.1, -0.05) is 13.0 Å². The second-order valence-corrected chi connectivity index (χ2v) is 5.95. The van der Waals surface area contributed by atoms with E-state index in [2.05, 4.69) is 41.1 Å². The molecular formula is C13H19BrFNS. The monoisotopic (exact) mass is 319 g/mol. The molecule has 0 fully saturated rings. The van der Waals surface area contributed by atoms with E-state index in [1.165, 1.54) is 6.07 Å². The molecule has 0 saturated heterocycles. The van der Waals surface area contributed by atoms with Gasteiger partial charge in [-0.25, -0.2) is 4.39 Å². The molecule has 0 amide bonds. The molecule has 0 aromatic heterocycles. The number of hydrogen-bond acceptors (Lipinski definition) is 2. The third-order valence-electron chi connectivity index (χ3n) is 2.87. The molecule has 0 N–H and O–H groups in total. The molecule has 1 nitrogen and oxygen atoms in total. The number of hydrogen-bond donors (Lipinski definition) is 0. The Morgan fingerprint density at radius 2 is 2.18 bits per heavy atom. The van der Waals surface area contributed by atoms with Crippen LogP contribution in [-0.2, 0) is 6.54 Å². The summed E-state index contributed by atoms with van der Waals surface area (Å²) in [6, 6.07) is 5.80. The molecular weight excluding hydrogens is 301 g/mol. The van der Waals surface area contributed by atoms with Gasteiger partial charge in [-0.3, -0.25) is 4.90 Å². The lowest BCUT2D eigenvalue weighted by Crippen LogP contribution is -2.32. The van der Waals surface area contributed by atoms with Gasteiger partial charge in [-0.2, -0.15) is 11.8 Å². The standard InChI is InChI=1S/C13H19BrFNS/c1-4-11(9-17-3)16(2)8-10-5-6-13(15)12(14)7-10/h5-7,11H,4,8-9H2,1-3H3. The highest BCUT2D eigenvalue weighted by molar-refractivity contribution is 9.10. The summed E-state index contributed by atoms with van der Waals surface area (Å²) >= 11 is 5.09. The van der Waals surface area contributed by atoms with E-state index in [0.29, 0.717) is 10.5 Å². The lowest BCUT2D eigenvalue weighted by atomic mass is 10.1. The van der Waals surface area contributed by atoms with Gasteiger partial charge in [0.15, 0.2) is 0 Å². The molecule has 1 atom stereocenters. The van der Waals surface area contributed by atoms with Gasteiger partial charge in [0.1, 0.15) is 5.82 Å². The normalized spacial score (nSPS) is 13.1. The lowest BCUT2D eigenvalue weighted by Gasteiger charge is -2.26. The van der Waals surface area contributed by atoms with Crippen LogP contribution in [0.4, 0.5) is 4.39 Å². The van der Waals surface area contributed by atoms with Gasteiger partial charge in [0.2, 0.25) is 0 Å². The molecule has 0 aliphatic heterocycles. The summed E-state index contributed by atoms with van der Waals surface area (Å²) in [6.45, 7) is 3.07. The van der Waals surface area contributed by atoms with Crippen LogP contribution in [0.3, 0.4) is 0 Å². The Hall–Kier alpha value is -0.0600. The maximum absolute atomic E-state index is 13.1. The molecule has 1 unspecified atom stereocenters. The highest BCUT2D eigenvalue weighted by Gasteiger charge is 2.12. The Bertz CT molecular complexity index is 359. The van der Waals surface area contributed by atoms with Crippen molar-refractivity contribution in [1.82, 2.24) is 4.90 Å². The SMILES string of the molecule is CCC(CSC)N(C)Cc1ccc(F)c(Br)c1. The van der Waals surface area contributed by atoms with Crippen LogP contribution in [0.25, 0.3) is 0 Å². The van der Waals surface area contributed by atoms with Gasteiger partial charge in [0, 0.05) is 18.3 Å². The van der Waals surface area contributed by atoms with Crippen LogP contribution in [0, 0.1) is 5.82 Å². The van der Waals surface area contributed by atoms with Crippen molar-refractivity contribution in [2.24, 2.45) is 0 Å². The van der Waals surface area contributed by atoms with Crippen LogP contribution >= 0.6 is 27.7 Å². The zero-order valence-corrected chi connectivity index (χ0v) is 12.9. The van der Waals surface area contributed by atoms with Crippen LogP contribution in [-0.4, -0.2) is 30.0 Å². The maximum Gasteiger partial charge on any atom is 0.137 e. The zero-order chi connectivity index (χ0) is 12.8. The molecule has 0 aliphatic rings. The second-order valence-electron chi connectivity index (χ2n) is 4.18. The molecule has 0 heterocycles. The predicted molar refractivity (Wildman–Crippen MR) is 78.0 cm³/mol. The first kappa shape index (κ1) is 15.0. The number of nitrogens with zero attached hydrogens (tertiary/aromatic N) is 1. The van der Waals surface area contributed by atoms with Gasteiger partial charge in [-0.05, 0) is 53.4 Å². The Balaban J connectivity index is 2.66. The topological polar surface area (TPSA) is 3.24 Å². The summed E-state index contributed by atoms with van der Waals surface area (Å²) in [5.74, 6) is 0.933. The molecule has 1 aromatic carbocycles. The summed E-state index contributed by atoms with van der Waals surface area (Å²) in [6.07, 6.45) is 3.27. The fourth-order valence-corrected chi connectivity index (χ4v) is 3.11. The van der Waals surface area contributed by atoms with Crippen LogP contribution in [0.1, 0.15) is 18.9 Å². The van der Waals surface area contributed by atoms with Crippen molar-refractivity contribution in [2.45, 2.75) is 25.9 Å². The number of thioether (sulfide) groups is 1. The minimum atomic E-state index is -0.201. The third-order valence-corrected chi connectivity index (χ3v) is 4.20. The molecule has 1 aromatic rings. The second kappa shape index (κ2) is 7.39. The molecule has 0 saturated carbocycles. The molecule has 96 valence electrons. The first-order valence-corrected chi connectivity index (χ1v) is 7.90. The molecule has 4 heteroatoms. The van der Waals surface area contributed by atoms with Crippen LogP contribution in [0.2, 0.25) is 0 Å². The van der Waals surface area contributed by atoms with Crippen molar-refractivity contribution in [1.29, 1.82) is 0 Å². The fraction of sp³-hybridized carbons (Fsp3) is 0.538. The van der Waals surface area contributed by atoms with Crippen molar-refractivity contribution >= 4 is 27.7 Å².